The molecule has 0 spiro atoms. The van der Waals surface area contributed by atoms with Crippen LogP contribution in [-0.4, -0.2) is 46.4 Å². The highest BCUT2D eigenvalue weighted by atomic mass is 16.5. The Morgan fingerprint density at radius 2 is 2.04 bits per heavy atom. The van der Waals surface area contributed by atoms with Gasteiger partial charge in [-0.15, -0.1) is 0 Å². The summed E-state index contributed by atoms with van der Waals surface area (Å²) in [6.45, 7) is 3.02. The number of benzene rings is 1. The standard InChI is InChI=1S/C18H21N5O2/c1-13(14-7-5-4-6-8-14)10-22(2)17-15-9-21-23(11-16(24)25-3)18(15)20-12-19-17/h4-9,12-13H,10-11H2,1-3H3/t13-/m1/s1. The van der Waals surface area contributed by atoms with E-state index >= 15 is 0 Å². The van der Waals surface area contributed by atoms with E-state index < -0.39 is 0 Å². The zero-order chi connectivity index (χ0) is 17.8. The summed E-state index contributed by atoms with van der Waals surface area (Å²) < 4.78 is 6.23. The zero-order valence-electron chi connectivity index (χ0n) is 14.6. The largest absolute Gasteiger partial charge is 0.468 e. The minimum atomic E-state index is -0.365. The van der Waals surface area contributed by atoms with Crippen LogP contribution in [0.4, 0.5) is 5.82 Å². The summed E-state index contributed by atoms with van der Waals surface area (Å²) >= 11 is 0. The van der Waals surface area contributed by atoms with Gasteiger partial charge in [0.15, 0.2) is 5.65 Å². The molecule has 0 N–H and O–H groups in total. The lowest BCUT2D eigenvalue weighted by atomic mass is 10.0. The number of ether oxygens (including phenoxy) is 1. The van der Waals surface area contributed by atoms with E-state index in [1.54, 1.807) is 6.20 Å². The minimum absolute atomic E-state index is 0.0284. The molecule has 7 heteroatoms. The van der Waals surface area contributed by atoms with Crippen LogP contribution in [0.15, 0.2) is 42.9 Å². The van der Waals surface area contributed by atoms with Gasteiger partial charge in [-0.3, -0.25) is 4.79 Å². The lowest BCUT2D eigenvalue weighted by Gasteiger charge is -2.23. The van der Waals surface area contributed by atoms with Gasteiger partial charge in [-0.05, 0) is 11.5 Å². The molecule has 2 aromatic heterocycles. The Balaban J connectivity index is 1.84. The van der Waals surface area contributed by atoms with Gasteiger partial charge in [0.25, 0.3) is 0 Å². The summed E-state index contributed by atoms with van der Waals surface area (Å²) in [4.78, 5) is 22.3. The fourth-order valence-electron chi connectivity index (χ4n) is 2.87. The maximum atomic E-state index is 11.5. The highest BCUT2D eigenvalue weighted by molar-refractivity contribution is 5.87. The molecule has 0 radical (unpaired) electrons. The normalized spacial score (nSPS) is 12.1. The molecule has 3 rings (SSSR count). The molecular weight excluding hydrogens is 318 g/mol. The second-order valence-electron chi connectivity index (χ2n) is 6.01. The van der Waals surface area contributed by atoms with Gasteiger partial charge in [0.2, 0.25) is 0 Å². The van der Waals surface area contributed by atoms with Gasteiger partial charge in [-0.1, -0.05) is 37.3 Å². The maximum absolute atomic E-state index is 11.5. The molecule has 0 fully saturated rings. The van der Waals surface area contributed by atoms with Crippen molar-refractivity contribution in [2.75, 3.05) is 25.6 Å². The number of hydrogen-bond donors (Lipinski definition) is 0. The molecule has 3 aromatic rings. The summed E-state index contributed by atoms with van der Waals surface area (Å²) in [5.41, 5.74) is 1.90. The third-order valence-corrected chi connectivity index (χ3v) is 4.20. The molecule has 0 saturated heterocycles. The summed E-state index contributed by atoms with van der Waals surface area (Å²) in [6.07, 6.45) is 3.19. The first-order valence-corrected chi connectivity index (χ1v) is 8.09. The highest BCUT2D eigenvalue weighted by Crippen LogP contribution is 2.24. The Hall–Kier alpha value is -2.96. The molecule has 7 nitrogen and oxygen atoms in total. The Morgan fingerprint density at radius 1 is 1.28 bits per heavy atom. The fraction of sp³-hybridized carbons (Fsp3) is 0.333. The first-order chi connectivity index (χ1) is 12.1. The monoisotopic (exact) mass is 339 g/mol. The van der Waals surface area contributed by atoms with Crippen LogP contribution in [0.2, 0.25) is 0 Å². The van der Waals surface area contributed by atoms with Gasteiger partial charge in [-0.2, -0.15) is 5.10 Å². The van der Waals surface area contributed by atoms with Crippen LogP contribution in [-0.2, 0) is 16.1 Å². The van der Waals surface area contributed by atoms with Crippen LogP contribution in [0.3, 0.4) is 0 Å². The summed E-state index contributed by atoms with van der Waals surface area (Å²) in [6, 6.07) is 10.4. The van der Waals surface area contributed by atoms with Gasteiger partial charge in [-0.25, -0.2) is 14.6 Å². The van der Waals surface area contributed by atoms with E-state index in [1.165, 1.54) is 23.7 Å². The second kappa shape index (κ2) is 7.29. The van der Waals surface area contributed by atoms with Crippen molar-refractivity contribution in [3.63, 3.8) is 0 Å². The average molecular weight is 339 g/mol. The molecule has 130 valence electrons. The van der Waals surface area contributed by atoms with E-state index in [0.717, 1.165) is 17.7 Å². The molecule has 0 bridgehead atoms. The number of rotatable bonds is 6. The number of likely N-dealkylation sites (N-methyl/N-ethyl adjacent to an activating group) is 1. The highest BCUT2D eigenvalue weighted by Gasteiger charge is 2.17. The first-order valence-electron chi connectivity index (χ1n) is 8.09. The number of anilines is 1. The van der Waals surface area contributed by atoms with Crippen molar-refractivity contribution in [1.29, 1.82) is 0 Å². The first kappa shape index (κ1) is 16.9. The molecule has 1 aromatic carbocycles. The molecule has 0 saturated carbocycles. The van der Waals surface area contributed by atoms with Crippen molar-refractivity contribution in [2.45, 2.75) is 19.4 Å². The Labute approximate surface area is 146 Å². The van der Waals surface area contributed by atoms with E-state index in [4.69, 9.17) is 4.74 Å². The van der Waals surface area contributed by atoms with Crippen molar-refractivity contribution in [3.05, 3.63) is 48.4 Å². The molecular formula is C18H21N5O2. The summed E-state index contributed by atoms with van der Waals surface area (Å²) in [5, 5.41) is 5.06. The van der Waals surface area contributed by atoms with Crippen LogP contribution in [0.1, 0.15) is 18.4 Å². The van der Waals surface area contributed by atoms with Crippen LogP contribution < -0.4 is 4.90 Å². The summed E-state index contributed by atoms with van der Waals surface area (Å²) in [7, 11) is 3.35. The van der Waals surface area contributed by atoms with E-state index in [1.807, 2.05) is 25.2 Å². The van der Waals surface area contributed by atoms with Crippen LogP contribution in [0.25, 0.3) is 11.0 Å². The predicted octanol–water partition coefficient (Wildman–Crippen LogP) is 2.24. The van der Waals surface area contributed by atoms with Gasteiger partial charge in [0, 0.05) is 13.6 Å². The molecule has 0 amide bonds. The molecule has 25 heavy (non-hydrogen) atoms. The van der Waals surface area contributed by atoms with E-state index in [2.05, 4.69) is 39.0 Å². The molecule has 0 aliphatic carbocycles. The average Bonchev–Trinajstić information content (AvgIpc) is 3.05. The Morgan fingerprint density at radius 3 is 2.76 bits per heavy atom. The maximum Gasteiger partial charge on any atom is 0.327 e. The smallest absolute Gasteiger partial charge is 0.327 e. The van der Waals surface area contributed by atoms with E-state index in [-0.39, 0.29) is 12.5 Å². The number of carbonyl (C=O) groups is 1. The number of esters is 1. The third kappa shape index (κ3) is 3.60. The molecule has 0 aliphatic heterocycles. The number of aromatic nitrogens is 4. The van der Waals surface area contributed by atoms with Gasteiger partial charge >= 0.3 is 5.97 Å². The van der Waals surface area contributed by atoms with Gasteiger partial charge in [0.05, 0.1) is 18.7 Å². The topological polar surface area (TPSA) is 73.1 Å². The number of methoxy groups -OCH3 is 1. The minimum Gasteiger partial charge on any atom is -0.468 e. The predicted molar refractivity (Wildman–Crippen MR) is 95.5 cm³/mol. The lowest BCUT2D eigenvalue weighted by molar-refractivity contribution is -0.141. The van der Waals surface area contributed by atoms with Crippen molar-refractivity contribution >= 4 is 22.8 Å². The fourth-order valence-corrected chi connectivity index (χ4v) is 2.87. The molecule has 2 heterocycles. The van der Waals surface area contributed by atoms with Crippen molar-refractivity contribution in [2.24, 2.45) is 0 Å². The Bertz CT molecular complexity index is 862. The van der Waals surface area contributed by atoms with Gasteiger partial charge < -0.3 is 9.64 Å². The number of hydrogen-bond acceptors (Lipinski definition) is 6. The molecule has 0 unspecified atom stereocenters. The molecule has 1 atom stereocenters. The van der Waals surface area contributed by atoms with Crippen molar-refractivity contribution < 1.29 is 9.53 Å². The van der Waals surface area contributed by atoms with Gasteiger partial charge in [0.1, 0.15) is 18.7 Å². The van der Waals surface area contributed by atoms with Crippen LogP contribution in [0.5, 0.6) is 0 Å². The number of nitrogens with zero attached hydrogens (tertiary/aromatic N) is 5. The third-order valence-electron chi connectivity index (χ3n) is 4.20. The quantitative estimate of drug-likeness (QED) is 0.641. The summed E-state index contributed by atoms with van der Waals surface area (Å²) in [5.74, 6) is 0.779. The van der Waals surface area contributed by atoms with Crippen LogP contribution in [0, 0.1) is 0 Å². The van der Waals surface area contributed by atoms with Crippen LogP contribution >= 0.6 is 0 Å². The number of carbonyl (C=O) groups excluding carboxylic acids is 1. The number of fused-ring (bicyclic) bond motifs is 1. The van der Waals surface area contributed by atoms with Crippen molar-refractivity contribution in [1.82, 2.24) is 19.7 Å². The van der Waals surface area contributed by atoms with E-state index in [0.29, 0.717) is 11.6 Å². The molecule has 0 aliphatic rings. The van der Waals surface area contributed by atoms with E-state index in [9.17, 15) is 4.79 Å². The lowest BCUT2D eigenvalue weighted by Crippen LogP contribution is -2.24. The second-order valence-corrected chi connectivity index (χ2v) is 6.01. The zero-order valence-corrected chi connectivity index (χ0v) is 14.6. The SMILES string of the molecule is COC(=O)Cn1ncc2c(N(C)C[C@@H](C)c3ccccc3)ncnc21. The van der Waals surface area contributed by atoms with Crippen molar-refractivity contribution in [3.8, 4) is 0 Å². The Kier molecular flexibility index (Phi) is 4.92.